The third-order valence-electron chi connectivity index (χ3n) is 3.52. The molecule has 1 aliphatic rings. The largest absolute Gasteiger partial charge is 0.508 e. The third-order valence-corrected chi connectivity index (χ3v) is 3.52. The second kappa shape index (κ2) is 6.04. The summed E-state index contributed by atoms with van der Waals surface area (Å²) in [5.74, 6) is 0.219. The predicted molar refractivity (Wildman–Crippen MR) is 72.3 cm³/mol. The first kappa shape index (κ1) is 13.8. The topological polar surface area (TPSA) is 64.0 Å². The molecule has 0 bridgehead atoms. The van der Waals surface area contributed by atoms with E-state index in [0.717, 1.165) is 13.1 Å². The van der Waals surface area contributed by atoms with Gasteiger partial charge >= 0.3 is 0 Å². The number of β-amino-alcohol motifs (C(OH)–C–C–N with tert-alkyl or cyclic N) is 1. The Morgan fingerprint density at radius 2 is 1.95 bits per heavy atom. The molecule has 0 unspecified atom stereocenters. The van der Waals surface area contributed by atoms with Crippen LogP contribution in [0.1, 0.15) is 15.9 Å². The number of nitrogens with zero attached hydrogens (tertiary/aromatic N) is 2. The van der Waals surface area contributed by atoms with Crippen molar-refractivity contribution >= 4 is 5.91 Å². The van der Waals surface area contributed by atoms with Gasteiger partial charge < -0.3 is 15.1 Å². The lowest BCUT2D eigenvalue weighted by atomic mass is 10.1. The Morgan fingerprint density at radius 1 is 1.26 bits per heavy atom. The molecule has 0 saturated carbocycles. The molecule has 0 atom stereocenters. The second-order valence-corrected chi connectivity index (χ2v) is 4.86. The fraction of sp³-hybridized carbons (Fsp3) is 0.500. The van der Waals surface area contributed by atoms with E-state index < -0.39 is 0 Å². The molecule has 1 aliphatic heterocycles. The number of hydrogen-bond acceptors (Lipinski definition) is 4. The van der Waals surface area contributed by atoms with Crippen LogP contribution in [0.3, 0.4) is 0 Å². The molecule has 1 heterocycles. The van der Waals surface area contributed by atoms with Gasteiger partial charge in [-0.15, -0.1) is 0 Å². The van der Waals surface area contributed by atoms with Crippen molar-refractivity contribution in [3.63, 3.8) is 0 Å². The number of amides is 1. The molecular formula is C14H20N2O3. The minimum Gasteiger partial charge on any atom is -0.508 e. The van der Waals surface area contributed by atoms with Crippen molar-refractivity contribution in [1.82, 2.24) is 9.80 Å². The van der Waals surface area contributed by atoms with Gasteiger partial charge in [-0.2, -0.15) is 0 Å². The van der Waals surface area contributed by atoms with Gasteiger partial charge in [0.25, 0.3) is 5.91 Å². The maximum absolute atomic E-state index is 12.3. The number of aromatic hydroxyl groups is 1. The van der Waals surface area contributed by atoms with Gasteiger partial charge in [0.05, 0.1) is 6.61 Å². The van der Waals surface area contributed by atoms with Crippen molar-refractivity contribution in [2.24, 2.45) is 0 Å². The first-order valence-electron chi connectivity index (χ1n) is 6.54. The molecular weight excluding hydrogens is 244 g/mol. The monoisotopic (exact) mass is 264 g/mol. The number of phenolic OH excluding ortho intramolecular Hbond substituents is 1. The molecule has 0 radical (unpaired) electrons. The highest BCUT2D eigenvalue weighted by Gasteiger charge is 2.21. The molecule has 5 heteroatoms. The van der Waals surface area contributed by atoms with Gasteiger partial charge in [-0.05, 0) is 30.7 Å². The van der Waals surface area contributed by atoms with Crippen LogP contribution in [0, 0.1) is 6.92 Å². The van der Waals surface area contributed by atoms with Gasteiger partial charge in [0.2, 0.25) is 0 Å². The number of aliphatic hydroxyl groups is 1. The Hall–Kier alpha value is -1.59. The van der Waals surface area contributed by atoms with Crippen molar-refractivity contribution < 1.29 is 15.0 Å². The van der Waals surface area contributed by atoms with E-state index in [2.05, 4.69) is 4.90 Å². The smallest absolute Gasteiger partial charge is 0.253 e. The maximum atomic E-state index is 12.3. The summed E-state index contributed by atoms with van der Waals surface area (Å²) in [5, 5.41) is 18.4. The number of aliphatic hydroxyl groups excluding tert-OH is 1. The first-order chi connectivity index (χ1) is 9.11. The van der Waals surface area contributed by atoms with Gasteiger partial charge in [0, 0.05) is 38.3 Å². The molecule has 104 valence electrons. The van der Waals surface area contributed by atoms with Crippen LogP contribution >= 0.6 is 0 Å². The molecule has 1 amide bonds. The van der Waals surface area contributed by atoms with E-state index in [4.69, 9.17) is 5.11 Å². The standard InChI is InChI=1S/C14H20N2O3/c1-11-10-12(2-3-13(11)18)14(19)16-6-4-15(5-7-16)8-9-17/h2-3,10,17-18H,4-9H2,1H3. The molecule has 5 nitrogen and oxygen atoms in total. The van der Waals surface area contributed by atoms with Crippen LogP contribution < -0.4 is 0 Å². The molecule has 0 aliphatic carbocycles. The Morgan fingerprint density at radius 3 is 2.53 bits per heavy atom. The number of aryl methyl sites for hydroxylation is 1. The van der Waals surface area contributed by atoms with Gasteiger partial charge in [0.1, 0.15) is 5.75 Å². The van der Waals surface area contributed by atoms with Crippen molar-refractivity contribution in [2.75, 3.05) is 39.3 Å². The summed E-state index contributed by atoms with van der Waals surface area (Å²) < 4.78 is 0. The second-order valence-electron chi connectivity index (χ2n) is 4.86. The lowest BCUT2D eigenvalue weighted by Gasteiger charge is -2.34. The maximum Gasteiger partial charge on any atom is 0.253 e. The van der Waals surface area contributed by atoms with Crippen molar-refractivity contribution in [1.29, 1.82) is 0 Å². The van der Waals surface area contributed by atoms with Crippen LogP contribution in [0.5, 0.6) is 5.75 Å². The minimum atomic E-state index is 0.00625. The molecule has 2 rings (SSSR count). The normalized spacial score (nSPS) is 16.6. The van der Waals surface area contributed by atoms with E-state index in [0.29, 0.717) is 30.8 Å². The number of carbonyl (C=O) groups excluding carboxylic acids is 1. The van der Waals surface area contributed by atoms with Gasteiger partial charge in [0.15, 0.2) is 0 Å². The minimum absolute atomic E-state index is 0.00625. The number of phenols is 1. The van der Waals surface area contributed by atoms with E-state index in [1.54, 1.807) is 25.1 Å². The zero-order chi connectivity index (χ0) is 13.8. The highest BCUT2D eigenvalue weighted by atomic mass is 16.3. The van der Waals surface area contributed by atoms with E-state index in [-0.39, 0.29) is 18.3 Å². The fourth-order valence-electron chi connectivity index (χ4n) is 2.29. The van der Waals surface area contributed by atoms with Crippen molar-refractivity contribution in [3.8, 4) is 5.75 Å². The number of benzene rings is 1. The quantitative estimate of drug-likeness (QED) is 0.832. The highest BCUT2D eigenvalue weighted by molar-refractivity contribution is 5.94. The third kappa shape index (κ3) is 3.24. The molecule has 1 aromatic rings. The van der Waals surface area contributed by atoms with Crippen LogP contribution in [-0.4, -0.2) is 65.3 Å². The predicted octanol–water partition coefficient (Wildman–Crippen LogP) is 0.451. The van der Waals surface area contributed by atoms with E-state index in [1.807, 2.05) is 4.90 Å². The van der Waals surface area contributed by atoms with Gasteiger partial charge in [-0.1, -0.05) is 0 Å². The Balaban J connectivity index is 1.99. The number of carbonyl (C=O) groups is 1. The van der Waals surface area contributed by atoms with E-state index >= 15 is 0 Å². The molecule has 1 fully saturated rings. The van der Waals surface area contributed by atoms with Crippen LogP contribution in [0.2, 0.25) is 0 Å². The van der Waals surface area contributed by atoms with Gasteiger partial charge in [-0.25, -0.2) is 0 Å². The first-order valence-corrected chi connectivity index (χ1v) is 6.54. The summed E-state index contributed by atoms with van der Waals surface area (Å²) in [5.41, 5.74) is 1.33. The fourth-order valence-corrected chi connectivity index (χ4v) is 2.29. The Labute approximate surface area is 113 Å². The number of piperazine rings is 1. The summed E-state index contributed by atoms with van der Waals surface area (Å²) in [6.07, 6.45) is 0. The van der Waals surface area contributed by atoms with E-state index in [9.17, 15) is 9.90 Å². The summed E-state index contributed by atoms with van der Waals surface area (Å²) in [6.45, 7) is 5.56. The lowest BCUT2D eigenvalue weighted by molar-refractivity contribution is 0.0615. The molecule has 0 aromatic heterocycles. The van der Waals surface area contributed by atoms with Crippen LogP contribution in [0.15, 0.2) is 18.2 Å². The Bertz CT molecular complexity index is 454. The highest BCUT2D eigenvalue weighted by Crippen LogP contribution is 2.18. The number of hydrogen-bond donors (Lipinski definition) is 2. The molecule has 19 heavy (non-hydrogen) atoms. The Kier molecular flexibility index (Phi) is 4.39. The van der Waals surface area contributed by atoms with Crippen molar-refractivity contribution in [2.45, 2.75) is 6.92 Å². The zero-order valence-corrected chi connectivity index (χ0v) is 11.2. The van der Waals surface area contributed by atoms with Crippen LogP contribution in [0.4, 0.5) is 0 Å². The summed E-state index contributed by atoms with van der Waals surface area (Å²) in [4.78, 5) is 16.3. The van der Waals surface area contributed by atoms with Crippen LogP contribution in [0.25, 0.3) is 0 Å². The summed E-state index contributed by atoms with van der Waals surface area (Å²) in [6, 6.07) is 4.94. The van der Waals surface area contributed by atoms with Crippen molar-refractivity contribution in [3.05, 3.63) is 29.3 Å². The lowest BCUT2D eigenvalue weighted by Crippen LogP contribution is -2.49. The summed E-state index contributed by atoms with van der Waals surface area (Å²) in [7, 11) is 0. The summed E-state index contributed by atoms with van der Waals surface area (Å²) >= 11 is 0. The zero-order valence-electron chi connectivity index (χ0n) is 11.2. The average Bonchev–Trinajstić information content (AvgIpc) is 2.42. The molecule has 1 aromatic carbocycles. The van der Waals surface area contributed by atoms with Gasteiger partial charge in [-0.3, -0.25) is 9.69 Å². The number of rotatable bonds is 3. The molecule has 2 N–H and O–H groups in total. The molecule has 0 spiro atoms. The van der Waals surface area contributed by atoms with E-state index in [1.165, 1.54) is 0 Å². The van der Waals surface area contributed by atoms with Crippen LogP contribution in [-0.2, 0) is 0 Å². The molecule has 1 saturated heterocycles. The SMILES string of the molecule is Cc1cc(C(=O)N2CCN(CCO)CC2)ccc1O. The average molecular weight is 264 g/mol.